The van der Waals surface area contributed by atoms with E-state index in [1.54, 1.807) is 7.11 Å². The molecule has 6 heteroatoms. The lowest BCUT2D eigenvalue weighted by Crippen LogP contribution is -2.39. The van der Waals surface area contributed by atoms with Crippen LogP contribution in [0.2, 0.25) is 0 Å². The Morgan fingerprint density at radius 1 is 1.25 bits per heavy atom. The van der Waals surface area contributed by atoms with E-state index < -0.39 is 0 Å². The van der Waals surface area contributed by atoms with Gasteiger partial charge in [0.2, 0.25) is 5.91 Å². The lowest BCUT2D eigenvalue weighted by molar-refractivity contribution is -0.127. The smallest absolute Gasteiger partial charge is 0.223 e. The van der Waals surface area contributed by atoms with Gasteiger partial charge in [-0.2, -0.15) is 5.10 Å². The first kappa shape index (κ1) is 20.6. The molecule has 3 atom stereocenters. The minimum Gasteiger partial charge on any atom is -0.383 e. The molecule has 0 spiro atoms. The van der Waals surface area contributed by atoms with Crippen LogP contribution in [0.25, 0.3) is 0 Å². The van der Waals surface area contributed by atoms with Crippen LogP contribution in [0.4, 0.5) is 0 Å². The molecule has 0 aliphatic carbocycles. The number of likely N-dealkylation sites (tertiary alicyclic amines) is 1. The molecule has 1 unspecified atom stereocenters. The molecule has 1 aliphatic heterocycles. The predicted molar refractivity (Wildman–Crippen MR) is 110 cm³/mol. The summed E-state index contributed by atoms with van der Waals surface area (Å²) in [6.07, 6.45) is 1.47. The Kier molecular flexibility index (Phi) is 6.52. The molecule has 152 valence electrons. The van der Waals surface area contributed by atoms with Crippen LogP contribution in [-0.4, -0.2) is 53.9 Å². The number of aryl methyl sites for hydroxylation is 2. The minimum absolute atomic E-state index is 0.0635. The number of hydrogen-bond acceptors (Lipinski definition) is 4. The van der Waals surface area contributed by atoms with Crippen molar-refractivity contribution in [3.8, 4) is 0 Å². The standard InChI is InChI=1S/C22H32N4O2/c1-15-21(16(2)26(4)24-15)22-18(12-20(27)25(22)3)13-23-19(14-28-5)11-17-9-7-6-8-10-17/h6-10,18-19,22-23H,11-14H2,1-5H3/t18-,19?,22+/m0/s1. The lowest BCUT2D eigenvalue weighted by Gasteiger charge is -2.27. The van der Waals surface area contributed by atoms with E-state index in [0.717, 1.165) is 24.4 Å². The van der Waals surface area contributed by atoms with Gasteiger partial charge in [-0.25, -0.2) is 0 Å². The van der Waals surface area contributed by atoms with Crippen LogP contribution in [0, 0.1) is 19.8 Å². The number of nitrogens with zero attached hydrogens (tertiary/aromatic N) is 3. The Morgan fingerprint density at radius 3 is 2.57 bits per heavy atom. The number of carbonyl (C=O) groups is 1. The summed E-state index contributed by atoms with van der Waals surface area (Å²) in [5.74, 6) is 0.417. The second-order valence-electron chi connectivity index (χ2n) is 7.87. The number of methoxy groups -OCH3 is 1. The first-order chi connectivity index (χ1) is 13.4. The quantitative estimate of drug-likeness (QED) is 0.759. The zero-order chi connectivity index (χ0) is 20.3. The number of benzene rings is 1. The molecular weight excluding hydrogens is 352 g/mol. The van der Waals surface area contributed by atoms with Gasteiger partial charge in [0.1, 0.15) is 0 Å². The molecule has 1 aromatic heterocycles. The van der Waals surface area contributed by atoms with Crippen molar-refractivity contribution in [2.75, 3.05) is 27.3 Å². The van der Waals surface area contributed by atoms with Gasteiger partial charge in [0.15, 0.2) is 0 Å². The first-order valence-corrected chi connectivity index (χ1v) is 9.94. The van der Waals surface area contributed by atoms with Gasteiger partial charge in [-0.1, -0.05) is 30.3 Å². The van der Waals surface area contributed by atoms with Crippen molar-refractivity contribution in [1.82, 2.24) is 20.0 Å². The van der Waals surface area contributed by atoms with Crippen molar-refractivity contribution in [3.63, 3.8) is 0 Å². The molecule has 1 aliphatic rings. The molecule has 1 aromatic carbocycles. The van der Waals surface area contributed by atoms with E-state index in [1.807, 2.05) is 36.7 Å². The van der Waals surface area contributed by atoms with Crippen LogP contribution in [0.5, 0.6) is 0 Å². The van der Waals surface area contributed by atoms with Gasteiger partial charge in [0.05, 0.1) is 18.3 Å². The SMILES string of the molecule is COCC(Cc1ccccc1)NC[C@@H]1CC(=O)N(C)[C@H]1c1c(C)nn(C)c1C. The van der Waals surface area contributed by atoms with Gasteiger partial charge in [0, 0.05) is 57.4 Å². The van der Waals surface area contributed by atoms with Crippen LogP contribution in [-0.2, 0) is 23.0 Å². The van der Waals surface area contributed by atoms with E-state index in [4.69, 9.17) is 4.74 Å². The predicted octanol–water partition coefficient (Wildman–Crippen LogP) is 2.40. The largest absolute Gasteiger partial charge is 0.383 e. The fourth-order valence-corrected chi connectivity index (χ4v) is 4.39. The average molecular weight is 385 g/mol. The van der Waals surface area contributed by atoms with Crippen LogP contribution < -0.4 is 5.32 Å². The molecule has 1 amide bonds. The maximum absolute atomic E-state index is 12.5. The van der Waals surface area contributed by atoms with Crippen molar-refractivity contribution >= 4 is 5.91 Å². The van der Waals surface area contributed by atoms with E-state index in [0.29, 0.717) is 13.0 Å². The van der Waals surface area contributed by atoms with E-state index in [2.05, 4.69) is 41.6 Å². The molecular formula is C22H32N4O2. The van der Waals surface area contributed by atoms with Crippen molar-refractivity contribution in [1.29, 1.82) is 0 Å². The summed E-state index contributed by atoms with van der Waals surface area (Å²) < 4.78 is 7.35. The van der Waals surface area contributed by atoms with Gasteiger partial charge in [-0.05, 0) is 25.8 Å². The van der Waals surface area contributed by atoms with Crippen molar-refractivity contribution < 1.29 is 9.53 Å². The molecule has 1 saturated heterocycles. The third-order valence-electron chi connectivity index (χ3n) is 5.92. The highest BCUT2D eigenvalue weighted by Crippen LogP contribution is 2.39. The van der Waals surface area contributed by atoms with Gasteiger partial charge in [-0.3, -0.25) is 9.48 Å². The molecule has 6 nitrogen and oxygen atoms in total. The summed E-state index contributed by atoms with van der Waals surface area (Å²) in [5.41, 5.74) is 4.61. The second kappa shape index (κ2) is 8.88. The molecule has 3 rings (SSSR count). The summed E-state index contributed by atoms with van der Waals surface area (Å²) >= 11 is 0. The summed E-state index contributed by atoms with van der Waals surface area (Å²) in [7, 11) is 5.61. The Bertz CT molecular complexity index is 802. The molecule has 28 heavy (non-hydrogen) atoms. The fraction of sp³-hybridized carbons (Fsp3) is 0.545. The van der Waals surface area contributed by atoms with Crippen LogP contribution in [0.15, 0.2) is 30.3 Å². The van der Waals surface area contributed by atoms with E-state index in [-0.39, 0.29) is 23.9 Å². The number of aromatic nitrogens is 2. The summed E-state index contributed by atoms with van der Waals surface area (Å²) in [6.45, 7) is 5.53. The highest BCUT2D eigenvalue weighted by Gasteiger charge is 2.40. The van der Waals surface area contributed by atoms with E-state index >= 15 is 0 Å². The number of nitrogens with one attached hydrogen (secondary N) is 1. The van der Waals surface area contributed by atoms with Gasteiger partial charge in [0.25, 0.3) is 0 Å². The highest BCUT2D eigenvalue weighted by molar-refractivity contribution is 5.79. The number of amides is 1. The Balaban J connectivity index is 1.74. The Hall–Kier alpha value is -2.18. The van der Waals surface area contributed by atoms with Gasteiger partial charge in [-0.15, -0.1) is 0 Å². The number of hydrogen-bond donors (Lipinski definition) is 1. The normalized spacial score (nSPS) is 20.8. The molecule has 0 radical (unpaired) electrons. The van der Waals surface area contributed by atoms with Gasteiger partial charge < -0.3 is 15.0 Å². The highest BCUT2D eigenvalue weighted by atomic mass is 16.5. The third kappa shape index (κ3) is 4.28. The second-order valence-corrected chi connectivity index (χ2v) is 7.87. The number of carbonyl (C=O) groups excluding carboxylic acids is 1. The summed E-state index contributed by atoms with van der Waals surface area (Å²) in [6, 6.07) is 10.7. The minimum atomic E-state index is 0.0635. The Labute approximate surface area is 167 Å². The average Bonchev–Trinajstić information content (AvgIpc) is 3.08. The number of rotatable bonds is 8. The molecule has 1 N–H and O–H groups in total. The van der Waals surface area contributed by atoms with Crippen LogP contribution in [0.1, 0.15) is 35.0 Å². The zero-order valence-electron chi connectivity index (χ0n) is 17.6. The first-order valence-electron chi connectivity index (χ1n) is 9.94. The molecule has 0 bridgehead atoms. The van der Waals surface area contributed by atoms with Crippen LogP contribution in [0.3, 0.4) is 0 Å². The topological polar surface area (TPSA) is 59.4 Å². The Morgan fingerprint density at radius 2 is 1.96 bits per heavy atom. The maximum Gasteiger partial charge on any atom is 0.223 e. The van der Waals surface area contributed by atoms with E-state index in [1.165, 1.54) is 11.1 Å². The zero-order valence-corrected chi connectivity index (χ0v) is 17.6. The molecule has 0 saturated carbocycles. The molecule has 2 aromatic rings. The summed E-state index contributed by atoms with van der Waals surface area (Å²) in [4.78, 5) is 14.4. The molecule has 2 heterocycles. The van der Waals surface area contributed by atoms with E-state index in [9.17, 15) is 4.79 Å². The monoisotopic (exact) mass is 384 g/mol. The van der Waals surface area contributed by atoms with Gasteiger partial charge >= 0.3 is 0 Å². The number of ether oxygens (including phenoxy) is 1. The maximum atomic E-state index is 12.5. The third-order valence-corrected chi connectivity index (χ3v) is 5.92. The van der Waals surface area contributed by atoms with Crippen molar-refractivity contribution in [2.24, 2.45) is 13.0 Å². The summed E-state index contributed by atoms with van der Waals surface area (Å²) in [5, 5.41) is 8.23. The van der Waals surface area contributed by atoms with Crippen LogP contribution >= 0.6 is 0 Å². The van der Waals surface area contributed by atoms with Crippen molar-refractivity contribution in [3.05, 3.63) is 52.8 Å². The lowest BCUT2D eigenvalue weighted by atomic mass is 9.91. The fourth-order valence-electron chi connectivity index (χ4n) is 4.39. The van der Waals surface area contributed by atoms with Crippen molar-refractivity contribution in [2.45, 2.75) is 38.8 Å². The molecule has 1 fully saturated rings.